The Bertz CT molecular complexity index is 158. The molecule has 0 atom stereocenters. The Hall–Kier alpha value is 1.01. The van der Waals surface area contributed by atoms with E-state index in [2.05, 4.69) is 20.8 Å². The van der Waals surface area contributed by atoms with Crippen molar-refractivity contribution in [2.75, 3.05) is 24.1 Å². The van der Waals surface area contributed by atoms with E-state index in [1.807, 2.05) is 0 Å². The molecule has 0 bridgehead atoms. The van der Waals surface area contributed by atoms with Crippen LogP contribution in [0.25, 0.3) is 0 Å². The maximum absolute atomic E-state index is 7.12. The van der Waals surface area contributed by atoms with E-state index >= 15 is 0 Å². The number of hydrogen-bond acceptors (Lipinski definition) is 0. The van der Waals surface area contributed by atoms with Crippen LogP contribution in [0, 0.1) is 0 Å². The van der Waals surface area contributed by atoms with Crippen molar-refractivity contribution >= 4 is 28.8 Å². The van der Waals surface area contributed by atoms with Crippen molar-refractivity contribution in [1.29, 1.82) is 0 Å². The van der Waals surface area contributed by atoms with Gasteiger partial charge >= 0.3 is 112 Å². The van der Waals surface area contributed by atoms with Crippen molar-refractivity contribution in [3.8, 4) is 0 Å². The van der Waals surface area contributed by atoms with Gasteiger partial charge in [0.15, 0.2) is 0 Å². The molecule has 0 aromatic rings. The third-order valence-electron chi connectivity index (χ3n) is 3.51. The molecule has 0 rings (SSSR count). The summed E-state index contributed by atoms with van der Waals surface area (Å²) in [5.41, 5.74) is 0.729. The van der Waals surface area contributed by atoms with Gasteiger partial charge in [-0.3, -0.25) is 0 Å². The summed E-state index contributed by atoms with van der Waals surface area (Å²) in [5.74, 6) is -2.07. The van der Waals surface area contributed by atoms with Crippen molar-refractivity contribution in [3.05, 3.63) is 0 Å². The number of rotatable bonds is 10. The second kappa shape index (κ2) is 8.17. The second-order valence-corrected chi connectivity index (χ2v) is 14.0. The molecule has 0 spiro atoms. The van der Waals surface area contributed by atoms with E-state index in [1.165, 1.54) is 57.0 Å². The Labute approximate surface area is 112 Å². The standard InChI is InChI=1S/C13H29Cl2P/c1-4-7-10-16(15,13-14,11-8-5-2)12-9-6-3/h4-13H2,1-3H3. The van der Waals surface area contributed by atoms with Gasteiger partial charge in [-0.05, 0) is 0 Å². The molecule has 0 aliphatic rings. The molecular formula is C13H29Cl2P. The van der Waals surface area contributed by atoms with Gasteiger partial charge < -0.3 is 0 Å². The van der Waals surface area contributed by atoms with E-state index in [0.717, 1.165) is 5.62 Å². The van der Waals surface area contributed by atoms with Gasteiger partial charge in [0.2, 0.25) is 0 Å². The summed E-state index contributed by atoms with van der Waals surface area (Å²) in [6.45, 7) is 6.73. The average molecular weight is 287 g/mol. The topological polar surface area (TPSA) is 0 Å². The first kappa shape index (κ1) is 17.0. The molecule has 0 heterocycles. The fourth-order valence-electron chi connectivity index (χ4n) is 2.17. The fourth-order valence-corrected chi connectivity index (χ4v) is 8.68. The van der Waals surface area contributed by atoms with Gasteiger partial charge in [-0.1, -0.05) is 0 Å². The Morgan fingerprint density at radius 3 is 1.25 bits per heavy atom. The zero-order valence-corrected chi connectivity index (χ0v) is 13.7. The number of halogens is 2. The van der Waals surface area contributed by atoms with Gasteiger partial charge in [0, 0.05) is 0 Å². The summed E-state index contributed by atoms with van der Waals surface area (Å²) < 4.78 is 0. The van der Waals surface area contributed by atoms with Crippen LogP contribution in [0.2, 0.25) is 0 Å². The fraction of sp³-hybridized carbons (Fsp3) is 1.00. The molecule has 0 aliphatic carbocycles. The van der Waals surface area contributed by atoms with Crippen LogP contribution in [0.15, 0.2) is 0 Å². The molecule has 0 nitrogen and oxygen atoms in total. The van der Waals surface area contributed by atoms with Gasteiger partial charge in [-0.2, -0.15) is 0 Å². The van der Waals surface area contributed by atoms with Gasteiger partial charge in [0.1, 0.15) is 0 Å². The SMILES string of the molecule is CCCCP(Cl)(CCl)(CCCC)CCCC. The molecule has 0 amide bonds. The summed E-state index contributed by atoms with van der Waals surface area (Å²) in [5, 5.41) is 0. The van der Waals surface area contributed by atoms with Crippen LogP contribution in [0.3, 0.4) is 0 Å². The van der Waals surface area contributed by atoms with Crippen LogP contribution < -0.4 is 0 Å². The van der Waals surface area contributed by atoms with Gasteiger partial charge in [0.25, 0.3) is 0 Å². The molecule has 0 fully saturated rings. The first-order valence-corrected chi connectivity index (χ1v) is 11.2. The minimum absolute atomic E-state index is 0.729. The van der Waals surface area contributed by atoms with Crippen molar-refractivity contribution in [1.82, 2.24) is 0 Å². The zero-order valence-electron chi connectivity index (χ0n) is 11.3. The van der Waals surface area contributed by atoms with Crippen LogP contribution >= 0.6 is 28.8 Å². The third-order valence-corrected chi connectivity index (χ3v) is 12.5. The first-order chi connectivity index (χ1) is 7.54. The maximum atomic E-state index is 7.12. The molecular weight excluding hydrogens is 258 g/mol. The Morgan fingerprint density at radius 1 is 0.750 bits per heavy atom. The third kappa shape index (κ3) is 5.56. The quantitative estimate of drug-likeness (QED) is 0.327. The van der Waals surface area contributed by atoms with Gasteiger partial charge in [0.05, 0.1) is 0 Å². The van der Waals surface area contributed by atoms with E-state index in [0.29, 0.717) is 0 Å². The summed E-state index contributed by atoms with van der Waals surface area (Å²) in [6.07, 6.45) is 11.1. The molecule has 0 N–H and O–H groups in total. The molecule has 100 valence electrons. The Morgan fingerprint density at radius 2 is 1.06 bits per heavy atom. The monoisotopic (exact) mass is 286 g/mol. The molecule has 16 heavy (non-hydrogen) atoms. The molecule has 0 aromatic carbocycles. The summed E-state index contributed by atoms with van der Waals surface area (Å²) in [7, 11) is 0. The molecule has 0 radical (unpaired) electrons. The molecule has 0 saturated heterocycles. The van der Waals surface area contributed by atoms with E-state index < -0.39 is 5.96 Å². The number of unbranched alkanes of at least 4 members (excludes halogenated alkanes) is 3. The number of alkyl halides is 1. The Kier molecular flexibility index (Phi) is 8.69. The summed E-state index contributed by atoms with van der Waals surface area (Å²) in [6, 6.07) is 0. The van der Waals surface area contributed by atoms with Crippen molar-refractivity contribution in [3.63, 3.8) is 0 Å². The second-order valence-electron chi connectivity index (χ2n) is 5.17. The van der Waals surface area contributed by atoms with Crippen molar-refractivity contribution < 1.29 is 0 Å². The summed E-state index contributed by atoms with van der Waals surface area (Å²) >= 11 is 13.4. The van der Waals surface area contributed by atoms with Crippen molar-refractivity contribution in [2.45, 2.75) is 59.3 Å². The van der Waals surface area contributed by atoms with Crippen LogP contribution in [0.5, 0.6) is 0 Å². The van der Waals surface area contributed by atoms with Gasteiger partial charge in [-0.15, -0.1) is 0 Å². The van der Waals surface area contributed by atoms with E-state index in [4.69, 9.17) is 22.8 Å². The van der Waals surface area contributed by atoms with E-state index in [-0.39, 0.29) is 0 Å². The average Bonchev–Trinajstić information content (AvgIpc) is 2.32. The normalized spacial score (nSPS) is 14.7. The van der Waals surface area contributed by atoms with Crippen LogP contribution in [0.4, 0.5) is 0 Å². The molecule has 0 aliphatic heterocycles. The van der Waals surface area contributed by atoms with Crippen molar-refractivity contribution in [2.24, 2.45) is 0 Å². The van der Waals surface area contributed by atoms with Crippen LogP contribution in [-0.2, 0) is 0 Å². The summed E-state index contributed by atoms with van der Waals surface area (Å²) in [4.78, 5) is 0. The number of hydrogen-bond donors (Lipinski definition) is 0. The van der Waals surface area contributed by atoms with Crippen LogP contribution in [-0.4, -0.2) is 24.1 Å². The van der Waals surface area contributed by atoms with E-state index in [1.54, 1.807) is 0 Å². The van der Waals surface area contributed by atoms with E-state index in [9.17, 15) is 0 Å². The molecule has 0 saturated carbocycles. The van der Waals surface area contributed by atoms with Crippen LogP contribution in [0.1, 0.15) is 59.3 Å². The Balaban J connectivity index is 4.61. The molecule has 0 unspecified atom stereocenters. The predicted octanol–water partition coefficient (Wildman–Crippen LogP) is 6.29. The molecule has 0 aromatic heterocycles. The molecule has 3 heteroatoms. The zero-order chi connectivity index (χ0) is 12.5. The van der Waals surface area contributed by atoms with Gasteiger partial charge in [-0.25, -0.2) is 0 Å². The predicted molar refractivity (Wildman–Crippen MR) is 82.8 cm³/mol. The first-order valence-electron chi connectivity index (χ1n) is 6.82. The minimum atomic E-state index is -2.07.